The van der Waals surface area contributed by atoms with Crippen molar-refractivity contribution in [2.75, 3.05) is 13.2 Å². The van der Waals surface area contributed by atoms with Crippen LogP contribution in [0, 0.1) is 5.82 Å². The monoisotopic (exact) mass is 480 g/mol. The molecule has 0 radical (unpaired) electrons. The number of aromatic nitrogens is 1. The Kier molecular flexibility index (Phi) is 6.20. The molecule has 7 heteroatoms. The molecule has 142 valence electrons. The predicted octanol–water partition coefficient (Wildman–Crippen LogP) is 3.90. The number of benzene rings is 2. The molecule has 1 aliphatic heterocycles. The number of H-pyrrole nitrogens is 1. The van der Waals surface area contributed by atoms with Gasteiger partial charge in [-0.1, -0.05) is 18.2 Å². The van der Waals surface area contributed by atoms with Gasteiger partial charge in [0.1, 0.15) is 11.6 Å². The van der Waals surface area contributed by atoms with Crippen LogP contribution >= 0.6 is 24.0 Å². The summed E-state index contributed by atoms with van der Waals surface area (Å²) in [5.74, 6) is 1.08. The minimum atomic E-state index is -0.242. The molecule has 3 aromatic rings. The van der Waals surface area contributed by atoms with Crippen molar-refractivity contribution in [1.29, 1.82) is 0 Å². The van der Waals surface area contributed by atoms with E-state index in [1.807, 2.05) is 30.5 Å². The summed E-state index contributed by atoms with van der Waals surface area (Å²) in [4.78, 5) is 7.54. The first kappa shape index (κ1) is 19.5. The van der Waals surface area contributed by atoms with Crippen molar-refractivity contribution in [2.45, 2.75) is 18.9 Å². The molecule has 2 aromatic carbocycles. The van der Waals surface area contributed by atoms with E-state index in [2.05, 4.69) is 15.3 Å². The van der Waals surface area contributed by atoms with Crippen molar-refractivity contribution >= 4 is 40.8 Å². The maximum atomic E-state index is 13.3. The molecule has 1 unspecified atom stereocenters. The highest BCUT2D eigenvalue weighted by Gasteiger charge is 2.21. The van der Waals surface area contributed by atoms with E-state index < -0.39 is 0 Å². The van der Waals surface area contributed by atoms with E-state index in [1.165, 1.54) is 12.1 Å². The van der Waals surface area contributed by atoms with Gasteiger partial charge in [0.2, 0.25) is 0 Å². The summed E-state index contributed by atoms with van der Waals surface area (Å²) in [7, 11) is 0. The van der Waals surface area contributed by atoms with E-state index >= 15 is 0 Å². The lowest BCUT2D eigenvalue weighted by Crippen LogP contribution is -2.37. The van der Waals surface area contributed by atoms with E-state index in [0.717, 1.165) is 40.6 Å². The molecule has 1 aromatic heterocycles. The Balaban J connectivity index is 0.00000210. The van der Waals surface area contributed by atoms with Gasteiger partial charge in [-0.15, -0.1) is 24.0 Å². The number of halogens is 2. The molecule has 0 spiro atoms. The third-order valence-corrected chi connectivity index (χ3v) is 4.67. The number of aromatic amines is 1. The fraction of sp³-hybridized carbons (Fsp3) is 0.250. The smallest absolute Gasteiger partial charge is 0.189 e. The molecule has 0 amide bonds. The van der Waals surface area contributed by atoms with E-state index in [0.29, 0.717) is 19.1 Å². The summed E-state index contributed by atoms with van der Waals surface area (Å²) < 4.78 is 18.9. The van der Waals surface area contributed by atoms with Crippen LogP contribution in [0.4, 0.5) is 4.39 Å². The first-order chi connectivity index (χ1) is 12.7. The first-order valence-electron chi connectivity index (χ1n) is 8.74. The Labute approximate surface area is 174 Å². The van der Waals surface area contributed by atoms with Crippen molar-refractivity contribution < 1.29 is 9.13 Å². The van der Waals surface area contributed by atoms with E-state index in [9.17, 15) is 4.39 Å². The van der Waals surface area contributed by atoms with Crippen molar-refractivity contribution in [3.63, 3.8) is 0 Å². The van der Waals surface area contributed by atoms with Gasteiger partial charge in [0.25, 0.3) is 0 Å². The van der Waals surface area contributed by atoms with Crippen LogP contribution in [0.25, 0.3) is 10.9 Å². The number of rotatable bonds is 4. The second-order valence-electron chi connectivity index (χ2n) is 6.39. The van der Waals surface area contributed by atoms with Gasteiger partial charge in [0, 0.05) is 35.6 Å². The highest BCUT2D eigenvalue weighted by atomic mass is 127. The molecule has 1 aliphatic rings. The minimum Gasteiger partial charge on any atom is -0.493 e. The molecule has 1 atom stereocenters. The summed E-state index contributed by atoms with van der Waals surface area (Å²) >= 11 is 0. The predicted molar refractivity (Wildman–Crippen MR) is 116 cm³/mol. The first-order valence-corrected chi connectivity index (χ1v) is 8.74. The van der Waals surface area contributed by atoms with Gasteiger partial charge in [0.05, 0.1) is 12.6 Å². The summed E-state index contributed by atoms with van der Waals surface area (Å²) in [6.07, 6.45) is 3.48. The molecule has 4 N–H and O–H groups in total. The van der Waals surface area contributed by atoms with Crippen LogP contribution in [0.2, 0.25) is 0 Å². The normalized spacial score (nSPS) is 16.3. The van der Waals surface area contributed by atoms with Crippen molar-refractivity contribution in [3.05, 3.63) is 65.6 Å². The van der Waals surface area contributed by atoms with Crippen molar-refractivity contribution in [3.8, 4) is 5.75 Å². The van der Waals surface area contributed by atoms with Gasteiger partial charge in [-0.3, -0.25) is 4.99 Å². The Bertz CT molecular complexity index is 956. The Hall–Kier alpha value is -2.29. The zero-order valence-corrected chi connectivity index (χ0v) is 17.1. The van der Waals surface area contributed by atoms with Gasteiger partial charge in [-0.05, 0) is 36.2 Å². The van der Waals surface area contributed by atoms with Crippen LogP contribution in [0.3, 0.4) is 0 Å². The molecule has 0 saturated heterocycles. The SMILES string of the molecule is I.NC(=NCCc1c[nH]c2cc(F)ccc12)NC1CCOc2ccccc21. The van der Waals surface area contributed by atoms with Crippen LogP contribution < -0.4 is 15.8 Å². The number of guanidine groups is 1. The molecule has 5 nitrogen and oxygen atoms in total. The van der Waals surface area contributed by atoms with Crippen LogP contribution in [-0.4, -0.2) is 24.1 Å². The maximum absolute atomic E-state index is 13.3. The van der Waals surface area contributed by atoms with E-state index in [1.54, 1.807) is 6.07 Å². The quantitative estimate of drug-likeness (QED) is 0.301. The lowest BCUT2D eigenvalue weighted by atomic mass is 10.0. The lowest BCUT2D eigenvalue weighted by molar-refractivity contribution is 0.262. The summed E-state index contributed by atoms with van der Waals surface area (Å²) in [5, 5.41) is 4.31. The van der Waals surface area contributed by atoms with Gasteiger partial charge in [-0.2, -0.15) is 0 Å². The highest BCUT2D eigenvalue weighted by Crippen LogP contribution is 2.31. The van der Waals surface area contributed by atoms with Crippen LogP contribution in [0.1, 0.15) is 23.6 Å². The number of para-hydroxylation sites is 1. The molecular weight excluding hydrogens is 458 g/mol. The molecular formula is C20H22FIN4O. The lowest BCUT2D eigenvalue weighted by Gasteiger charge is -2.26. The average Bonchev–Trinajstić information content (AvgIpc) is 3.04. The van der Waals surface area contributed by atoms with Crippen LogP contribution in [-0.2, 0) is 6.42 Å². The number of hydrogen-bond donors (Lipinski definition) is 3. The molecule has 0 fully saturated rings. The van der Waals surface area contributed by atoms with Gasteiger partial charge < -0.3 is 20.8 Å². The largest absolute Gasteiger partial charge is 0.493 e. The standard InChI is InChI=1S/C20H21FN4O.HI/c21-14-5-6-15-13(12-24-18(15)11-14)7-9-23-20(22)25-17-8-10-26-19-4-2-1-3-16(17)19;/h1-6,11-12,17,24H,7-10H2,(H3,22,23,25);1H. The van der Waals surface area contributed by atoms with Crippen molar-refractivity contribution in [2.24, 2.45) is 10.7 Å². The third kappa shape index (κ3) is 4.35. The fourth-order valence-corrected chi connectivity index (χ4v) is 3.38. The summed E-state index contributed by atoms with van der Waals surface area (Å²) in [6, 6.07) is 12.9. The fourth-order valence-electron chi connectivity index (χ4n) is 3.38. The number of fused-ring (bicyclic) bond motifs is 2. The molecule has 2 heterocycles. The molecule has 0 bridgehead atoms. The molecule has 4 rings (SSSR count). The highest BCUT2D eigenvalue weighted by molar-refractivity contribution is 14.0. The zero-order valence-electron chi connectivity index (χ0n) is 14.7. The second kappa shape index (κ2) is 8.60. The second-order valence-corrected chi connectivity index (χ2v) is 6.39. The topological polar surface area (TPSA) is 75.4 Å². The van der Waals surface area contributed by atoms with Crippen molar-refractivity contribution in [1.82, 2.24) is 10.3 Å². The molecule has 0 saturated carbocycles. The number of hydrogen-bond acceptors (Lipinski definition) is 2. The number of nitrogens with zero attached hydrogens (tertiary/aromatic N) is 1. The molecule has 0 aliphatic carbocycles. The summed E-state index contributed by atoms with van der Waals surface area (Å²) in [6.45, 7) is 1.22. The Morgan fingerprint density at radius 2 is 2.15 bits per heavy atom. The average molecular weight is 480 g/mol. The van der Waals surface area contributed by atoms with Crippen LogP contribution in [0.5, 0.6) is 5.75 Å². The Morgan fingerprint density at radius 1 is 1.30 bits per heavy atom. The summed E-state index contributed by atoms with van der Waals surface area (Å²) in [5.41, 5.74) is 9.09. The van der Waals surface area contributed by atoms with E-state index in [-0.39, 0.29) is 35.8 Å². The number of aliphatic imine (C=N–C) groups is 1. The third-order valence-electron chi connectivity index (χ3n) is 4.67. The zero-order chi connectivity index (χ0) is 17.9. The van der Waals surface area contributed by atoms with Gasteiger partial charge in [-0.25, -0.2) is 4.39 Å². The Morgan fingerprint density at radius 3 is 3.04 bits per heavy atom. The van der Waals surface area contributed by atoms with Gasteiger partial charge in [0.15, 0.2) is 5.96 Å². The van der Waals surface area contributed by atoms with Crippen LogP contribution in [0.15, 0.2) is 53.7 Å². The van der Waals surface area contributed by atoms with E-state index in [4.69, 9.17) is 10.5 Å². The number of nitrogens with two attached hydrogens (primary N) is 1. The van der Waals surface area contributed by atoms with Gasteiger partial charge >= 0.3 is 0 Å². The number of nitrogens with one attached hydrogen (secondary N) is 2. The maximum Gasteiger partial charge on any atom is 0.189 e. The minimum absolute atomic E-state index is 0. The number of ether oxygens (including phenoxy) is 1. The molecule has 27 heavy (non-hydrogen) atoms.